The fourth-order valence-electron chi connectivity index (χ4n) is 2.97. The van der Waals surface area contributed by atoms with E-state index in [1.807, 2.05) is 19.3 Å². The third-order valence-corrected chi connectivity index (χ3v) is 4.26. The number of likely N-dealkylation sites (tertiary alicyclic amines) is 1. The molecule has 2 rings (SSSR count). The number of hydrogen-bond donors (Lipinski definition) is 2. The second-order valence-corrected chi connectivity index (χ2v) is 5.58. The maximum absolute atomic E-state index is 9.75. The summed E-state index contributed by atoms with van der Waals surface area (Å²) in [5.74, 6) is 0.369. The molecule has 1 aromatic heterocycles. The molecule has 0 spiro atoms. The lowest BCUT2D eigenvalue weighted by atomic mass is 9.97. The predicted molar refractivity (Wildman–Crippen MR) is 76.6 cm³/mol. The lowest BCUT2D eigenvalue weighted by Gasteiger charge is -2.33. The number of nitrogens with two attached hydrogens (primary N) is 1. The quantitative estimate of drug-likeness (QED) is 0.846. The van der Waals surface area contributed by atoms with Crippen LogP contribution in [0.2, 0.25) is 0 Å². The second-order valence-electron chi connectivity index (χ2n) is 5.58. The molecule has 1 aromatic rings. The number of nitrogens with zero attached hydrogens (tertiary/aromatic N) is 2. The third-order valence-electron chi connectivity index (χ3n) is 4.26. The van der Waals surface area contributed by atoms with Gasteiger partial charge in [-0.1, -0.05) is 6.92 Å². The molecule has 3 N–H and O–H groups in total. The van der Waals surface area contributed by atoms with Gasteiger partial charge in [0, 0.05) is 31.0 Å². The highest BCUT2D eigenvalue weighted by atomic mass is 16.3. The molecule has 0 amide bonds. The van der Waals surface area contributed by atoms with E-state index in [4.69, 9.17) is 5.73 Å². The van der Waals surface area contributed by atoms with Crippen LogP contribution in [0.4, 0.5) is 0 Å². The van der Waals surface area contributed by atoms with E-state index < -0.39 is 0 Å². The van der Waals surface area contributed by atoms with Crippen LogP contribution in [-0.2, 0) is 0 Å². The van der Waals surface area contributed by atoms with E-state index in [1.165, 1.54) is 5.56 Å². The Morgan fingerprint density at radius 1 is 1.47 bits per heavy atom. The Morgan fingerprint density at radius 2 is 2.16 bits per heavy atom. The largest absolute Gasteiger partial charge is 0.393 e. The van der Waals surface area contributed by atoms with Gasteiger partial charge in [-0.15, -0.1) is 0 Å². The van der Waals surface area contributed by atoms with Crippen molar-refractivity contribution in [3.8, 4) is 0 Å². The van der Waals surface area contributed by atoms with Crippen LogP contribution >= 0.6 is 0 Å². The first-order valence-electron chi connectivity index (χ1n) is 7.21. The molecular formula is C15H25N3O. The van der Waals surface area contributed by atoms with Gasteiger partial charge in [-0.2, -0.15) is 0 Å². The monoisotopic (exact) mass is 263 g/mol. The average molecular weight is 263 g/mol. The van der Waals surface area contributed by atoms with Crippen LogP contribution in [0.15, 0.2) is 24.5 Å². The van der Waals surface area contributed by atoms with Gasteiger partial charge in [0.2, 0.25) is 0 Å². The van der Waals surface area contributed by atoms with Crippen LogP contribution in [0.5, 0.6) is 0 Å². The van der Waals surface area contributed by atoms with Gasteiger partial charge in [-0.05, 0) is 49.9 Å². The number of pyridine rings is 1. The summed E-state index contributed by atoms with van der Waals surface area (Å²) in [4.78, 5) is 6.50. The molecule has 4 heteroatoms. The number of hydrogen-bond acceptors (Lipinski definition) is 4. The Kier molecular flexibility index (Phi) is 4.91. The molecule has 0 bridgehead atoms. The van der Waals surface area contributed by atoms with E-state index in [0.29, 0.717) is 5.92 Å². The predicted octanol–water partition coefficient (Wildman–Crippen LogP) is 1.56. The van der Waals surface area contributed by atoms with Gasteiger partial charge in [0.05, 0.1) is 6.10 Å². The van der Waals surface area contributed by atoms with Gasteiger partial charge in [-0.3, -0.25) is 9.88 Å². The first-order valence-corrected chi connectivity index (χ1v) is 7.21. The van der Waals surface area contributed by atoms with E-state index in [9.17, 15) is 5.11 Å². The van der Waals surface area contributed by atoms with Gasteiger partial charge in [0.1, 0.15) is 0 Å². The van der Waals surface area contributed by atoms with E-state index >= 15 is 0 Å². The van der Waals surface area contributed by atoms with Crippen LogP contribution in [0.1, 0.15) is 38.3 Å². The minimum Gasteiger partial charge on any atom is -0.393 e. The van der Waals surface area contributed by atoms with Crippen molar-refractivity contribution >= 4 is 0 Å². The van der Waals surface area contributed by atoms with Gasteiger partial charge >= 0.3 is 0 Å². The van der Waals surface area contributed by atoms with Crippen molar-refractivity contribution in [3.63, 3.8) is 0 Å². The van der Waals surface area contributed by atoms with Crippen molar-refractivity contribution < 1.29 is 5.11 Å². The Balaban J connectivity index is 2.16. The molecule has 0 radical (unpaired) electrons. The minimum absolute atomic E-state index is 0.121. The van der Waals surface area contributed by atoms with Crippen molar-refractivity contribution in [2.45, 2.75) is 44.9 Å². The van der Waals surface area contributed by atoms with Crippen molar-refractivity contribution in [1.82, 2.24) is 9.88 Å². The molecule has 1 aliphatic rings. The summed E-state index contributed by atoms with van der Waals surface area (Å²) < 4.78 is 0. The molecule has 19 heavy (non-hydrogen) atoms. The minimum atomic E-state index is -0.235. The van der Waals surface area contributed by atoms with Crippen LogP contribution in [0, 0.1) is 5.92 Å². The molecule has 1 aliphatic heterocycles. The summed E-state index contributed by atoms with van der Waals surface area (Å²) in [6, 6.07) is 4.46. The number of aromatic nitrogens is 1. The average Bonchev–Trinajstić information content (AvgIpc) is 2.89. The normalized spacial score (nSPS) is 25.2. The van der Waals surface area contributed by atoms with Crippen LogP contribution in [-0.4, -0.2) is 40.2 Å². The smallest absolute Gasteiger partial charge is 0.0552 e. The number of aliphatic hydroxyl groups is 1. The standard InChI is InChI=1S/C15H25N3O/c1-3-14(16)15(12-4-7-17-8-5-12)18-9-6-13(10-18)11(2)19/h4-5,7-8,11,13-15,19H,3,6,9-10,16H2,1-2H3. The summed E-state index contributed by atoms with van der Waals surface area (Å²) in [6.07, 6.45) is 5.42. The van der Waals surface area contributed by atoms with Gasteiger partial charge in [0.15, 0.2) is 0 Å². The molecule has 1 saturated heterocycles. The zero-order valence-electron chi connectivity index (χ0n) is 11.9. The SMILES string of the molecule is CCC(N)C(c1ccncc1)N1CCC(C(C)O)C1. The zero-order chi connectivity index (χ0) is 13.8. The Hall–Kier alpha value is -0.970. The van der Waals surface area contributed by atoms with Crippen molar-refractivity contribution in [3.05, 3.63) is 30.1 Å². The van der Waals surface area contributed by atoms with Gasteiger partial charge in [-0.25, -0.2) is 0 Å². The summed E-state index contributed by atoms with van der Waals surface area (Å²) >= 11 is 0. The molecule has 106 valence electrons. The van der Waals surface area contributed by atoms with Gasteiger partial charge < -0.3 is 10.8 Å². The van der Waals surface area contributed by atoms with E-state index in [-0.39, 0.29) is 18.2 Å². The Bertz CT molecular complexity index is 382. The maximum atomic E-state index is 9.75. The number of aliphatic hydroxyl groups excluding tert-OH is 1. The number of rotatable bonds is 5. The highest BCUT2D eigenvalue weighted by Gasteiger charge is 2.33. The summed E-state index contributed by atoms with van der Waals surface area (Å²) in [6.45, 7) is 5.95. The molecular weight excluding hydrogens is 238 g/mol. The van der Waals surface area contributed by atoms with Crippen LogP contribution < -0.4 is 5.73 Å². The van der Waals surface area contributed by atoms with Crippen molar-refractivity contribution in [2.24, 2.45) is 11.7 Å². The molecule has 4 atom stereocenters. The zero-order valence-corrected chi connectivity index (χ0v) is 11.9. The Morgan fingerprint density at radius 3 is 2.68 bits per heavy atom. The molecule has 0 aromatic carbocycles. The van der Waals surface area contributed by atoms with Gasteiger partial charge in [0.25, 0.3) is 0 Å². The fourth-order valence-corrected chi connectivity index (χ4v) is 2.97. The van der Waals surface area contributed by atoms with Crippen LogP contribution in [0.25, 0.3) is 0 Å². The molecule has 0 saturated carbocycles. The Labute approximate surface area is 115 Å². The lowest BCUT2D eigenvalue weighted by Crippen LogP contribution is -2.40. The topological polar surface area (TPSA) is 62.4 Å². The third kappa shape index (κ3) is 3.32. The first-order chi connectivity index (χ1) is 9.13. The van der Waals surface area contributed by atoms with E-state index in [1.54, 1.807) is 0 Å². The molecule has 2 heterocycles. The van der Waals surface area contributed by atoms with E-state index in [2.05, 4.69) is 28.9 Å². The summed E-state index contributed by atoms with van der Waals surface area (Å²) in [5.41, 5.74) is 7.56. The molecule has 0 aliphatic carbocycles. The maximum Gasteiger partial charge on any atom is 0.0552 e. The van der Waals surface area contributed by atoms with Crippen molar-refractivity contribution in [2.75, 3.05) is 13.1 Å². The first kappa shape index (κ1) is 14.4. The highest BCUT2D eigenvalue weighted by Crippen LogP contribution is 2.31. The fraction of sp³-hybridized carbons (Fsp3) is 0.667. The van der Waals surface area contributed by atoms with Crippen molar-refractivity contribution in [1.29, 1.82) is 0 Å². The molecule has 4 nitrogen and oxygen atoms in total. The van der Waals surface area contributed by atoms with Crippen LogP contribution in [0.3, 0.4) is 0 Å². The highest BCUT2D eigenvalue weighted by molar-refractivity contribution is 5.18. The van der Waals surface area contributed by atoms with E-state index in [0.717, 1.165) is 25.9 Å². The lowest BCUT2D eigenvalue weighted by molar-refractivity contribution is 0.118. The molecule has 1 fully saturated rings. The summed E-state index contributed by atoms with van der Waals surface area (Å²) in [5, 5.41) is 9.75. The molecule has 4 unspecified atom stereocenters. The summed E-state index contributed by atoms with van der Waals surface area (Å²) in [7, 11) is 0. The second kappa shape index (κ2) is 6.46.